The van der Waals surface area contributed by atoms with Gasteiger partial charge in [0.05, 0.1) is 14.2 Å². The lowest BCUT2D eigenvalue weighted by Crippen LogP contribution is -2.28. The van der Waals surface area contributed by atoms with Crippen molar-refractivity contribution < 1.29 is 33.3 Å². The van der Waals surface area contributed by atoms with Crippen molar-refractivity contribution in [3.05, 3.63) is 47.5 Å². The number of fused-ring (bicyclic) bond motifs is 1. The van der Waals surface area contributed by atoms with E-state index in [9.17, 15) is 9.59 Å². The number of benzene rings is 2. The molecule has 0 fully saturated rings. The van der Waals surface area contributed by atoms with Crippen LogP contribution in [0.5, 0.6) is 23.0 Å². The maximum Gasteiger partial charge on any atom is 0.342 e. The molecule has 8 heteroatoms. The quantitative estimate of drug-likeness (QED) is 0.741. The predicted octanol–water partition coefficient (Wildman–Crippen LogP) is 1.91. The molecule has 1 heterocycles. The van der Waals surface area contributed by atoms with Crippen LogP contribution in [0.3, 0.4) is 0 Å². The molecule has 8 nitrogen and oxygen atoms in total. The van der Waals surface area contributed by atoms with Crippen molar-refractivity contribution in [3.63, 3.8) is 0 Å². The molecule has 1 amide bonds. The van der Waals surface area contributed by atoms with E-state index in [0.29, 0.717) is 23.0 Å². The van der Waals surface area contributed by atoms with Gasteiger partial charge in [-0.25, -0.2) is 4.79 Å². The molecule has 0 aromatic heterocycles. The Balaban J connectivity index is 1.51. The van der Waals surface area contributed by atoms with Crippen LogP contribution >= 0.6 is 0 Å². The van der Waals surface area contributed by atoms with Gasteiger partial charge in [-0.2, -0.15) is 0 Å². The predicted molar refractivity (Wildman–Crippen MR) is 94.2 cm³/mol. The van der Waals surface area contributed by atoms with E-state index in [-0.39, 0.29) is 18.9 Å². The van der Waals surface area contributed by atoms with Crippen molar-refractivity contribution in [3.8, 4) is 23.0 Å². The molecule has 2 aromatic carbocycles. The Bertz CT molecular complexity index is 850. The summed E-state index contributed by atoms with van der Waals surface area (Å²) in [4.78, 5) is 24.1. The third-order valence-electron chi connectivity index (χ3n) is 3.89. The number of esters is 1. The number of ether oxygens (including phenoxy) is 5. The monoisotopic (exact) mass is 373 g/mol. The highest BCUT2D eigenvalue weighted by atomic mass is 16.7. The van der Waals surface area contributed by atoms with Crippen LogP contribution in [-0.4, -0.2) is 39.5 Å². The van der Waals surface area contributed by atoms with Gasteiger partial charge in [-0.3, -0.25) is 4.79 Å². The summed E-state index contributed by atoms with van der Waals surface area (Å²) in [6.45, 7) is 0.0629. The molecule has 0 atom stereocenters. The van der Waals surface area contributed by atoms with Gasteiger partial charge in [0.15, 0.2) is 18.1 Å². The fourth-order valence-electron chi connectivity index (χ4n) is 2.48. The Morgan fingerprint density at radius 1 is 1.04 bits per heavy atom. The Morgan fingerprint density at radius 3 is 2.63 bits per heavy atom. The average molecular weight is 373 g/mol. The number of hydrogen-bond acceptors (Lipinski definition) is 7. The van der Waals surface area contributed by atoms with Crippen LogP contribution in [0.25, 0.3) is 0 Å². The lowest BCUT2D eigenvalue weighted by Gasteiger charge is -2.10. The minimum atomic E-state index is -0.660. The molecule has 0 spiro atoms. The smallest absolute Gasteiger partial charge is 0.342 e. The Hall–Kier alpha value is -3.42. The molecule has 0 saturated carbocycles. The van der Waals surface area contributed by atoms with Gasteiger partial charge >= 0.3 is 5.97 Å². The lowest BCUT2D eigenvalue weighted by atomic mass is 10.2. The number of nitrogens with one attached hydrogen (secondary N) is 1. The van der Waals surface area contributed by atoms with Gasteiger partial charge in [-0.15, -0.1) is 0 Å². The molecule has 1 aliphatic heterocycles. The van der Waals surface area contributed by atoms with Crippen molar-refractivity contribution in [1.29, 1.82) is 0 Å². The summed E-state index contributed by atoms with van der Waals surface area (Å²) in [6.07, 6.45) is 0. The average Bonchev–Trinajstić information content (AvgIpc) is 3.17. The van der Waals surface area contributed by atoms with E-state index >= 15 is 0 Å². The highest BCUT2D eigenvalue weighted by molar-refractivity contribution is 5.94. The molecule has 1 N–H and O–H groups in total. The van der Waals surface area contributed by atoms with Gasteiger partial charge in [0.25, 0.3) is 5.91 Å². The lowest BCUT2D eigenvalue weighted by molar-refractivity contribution is -0.124. The van der Waals surface area contributed by atoms with Crippen molar-refractivity contribution in [1.82, 2.24) is 5.32 Å². The largest absolute Gasteiger partial charge is 0.497 e. The van der Waals surface area contributed by atoms with E-state index < -0.39 is 18.5 Å². The standard InChI is InChI=1S/C19H19NO7/c1-23-13-4-5-14(16(8-13)24-2)19(22)25-10-18(21)20-9-12-3-6-15-17(7-12)27-11-26-15/h3-8H,9-11H2,1-2H3,(H,20,21). The molecule has 0 radical (unpaired) electrons. The van der Waals surface area contributed by atoms with E-state index in [0.717, 1.165) is 5.56 Å². The van der Waals surface area contributed by atoms with Gasteiger partial charge in [0, 0.05) is 12.6 Å². The SMILES string of the molecule is COc1ccc(C(=O)OCC(=O)NCc2ccc3c(c2)OCO3)c(OC)c1. The maximum atomic E-state index is 12.2. The Labute approximate surface area is 155 Å². The van der Waals surface area contributed by atoms with Crippen LogP contribution in [0.1, 0.15) is 15.9 Å². The minimum absolute atomic E-state index is 0.190. The molecule has 0 aliphatic carbocycles. The summed E-state index contributed by atoms with van der Waals surface area (Å²) in [5.74, 6) is 1.08. The van der Waals surface area contributed by atoms with Gasteiger partial charge in [-0.1, -0.05) is 6.07 Å². The first-order valence-electron chi connectivity index (χ1n) is 8.15. The van der Waals surface area contributed by atoms with Gasteiger partial charge in [0.2, 0.25) is 6.79 Å². The number of rotatable bonds is 7. The molecular formula is C19H19NO7. The number of carbonyl (C=O) groups excluding carboxylic acids is 2. The van der Waals surface area contributed by atoms with Crippen molar-refractivity contribution >= 4 is 11.9 Å². The van der Waals surface area contributed by atoms with Gasteiger partial charge in [0.1, 0.15) is 17.1 Å². The van der Waals surface area contributed by atoms with Crippen LogP contribution < -0.4 is 24.3 Å². The van der Waals surface area contributed by atoms with Crippen molar-refractivity contribution in [2.24, 2.45) is 0 Å². The normalized spacial score (nSPS) is 11.6. The zero-order valence-electron chi connectivity index (χ0n) is 14.9. The van der Waals surface area contributed by atoms with E-state index in [1.165, 1.54) is 20.3 Å². The zero-order chi connectivity index (χ0) is 19.2. The number of methoxy groups -OCH3 is 2. The van der Waals surface area contributed by atoms with Crippen LogP contribution in [0.15, 0.2) is 36.4 Å². The minimum Gasteiger partial charge on any atom is -0.497 e. The van der Waals surface area contributed by atoms with Crippen LogP contribution in [0, 0.1) is 0 Å². The first-order chi connectivity index (χ1) is 13.1. The van der Waals surface area contributed by atoms with Crippen LogP contribution in [0.4, 0.5) is 0 Å². The van der Waals surface area contributed by atoms with E-state index in [1.807, 2.05) is 6.07 Å². The molecule has 0 saturated heterocycles. The Kier molecular flexibility index (Phi) is 5.65. The summed E-state index contributed by atoms with van der Waals surface area (Å²) in [5.41, 5.74) is 1.05. The molecule has 142 valence electrons. The van der Waals surface area contributed by atoms with E-state index in [2.05, 4.69) is 5.32 Å². The van der Waals surface area contributed by atoms with Crippen molar-refractivity contribution in [2.45, 2.75) is 6.54 Å². The van der Waals surface area contributed by atoms with Gasteiger partial charge < -0.3 is 29.0 Å². The maximum absolute atomic E-state index is 12.2. The van der Waals surface area contributed by atoms with Crippen LogP contribution in [0.2, 0.25) is 0 Å². The third kappa shape index (κ3) is 4.41. The topological polar surface area (TPSA) is 92.3 Å². The van der Waals surface area contributed by atoms with E-state index in [4.69, 9.17) is 23.7 Å². The van der Waals surface area contributed by atoms with Crippen molar-refractivity contribution in [2.75, 3.05) is 27.6 Å². The van der Waals surface area contributed by atoms with Gasteiger partial charge in [-0.05, 0) is 29.8 Å². The molecule has 0 unspecified atom stereocenters. The second kappa shape index (κ2) is 8.31. The third-order valence-corrected chi connectivity index (χ3v) is 3.89. The molecule has 27 heavy (non-hydrogen) atoms. The second-order valence-electron chi connectivity index (χ2n) is 5.61. The molecular weight excluding hydrogens is 354 g/mol. The first-order valence-corrected chi connectivity index (χ1v) is 8.15. The summed E-state index contributed by atoms with van der Waals surface area (Å²) >= 11 is 0. The number of carbonyl (C=O) groups is 2. The highest BCUT2D eigenvalue weighted by Gasteiger charge is 2.17. The highest BCUT2D eigenvalue weighted by Crippen LogP contribution is 2.32. The molecule has 3 rings (SSSR count). The summed E-state index contributed by atoms with van der Waals surface area (Å²) in [7, 11) is 2.95. The second-order valence-corrected chi connectivity index (χ2v) is 5.61. The first kappa shape index (κ1) is 18.4. The summed E-state index contributed by atoms with van der Waals surface area (Å²) in [5, 5.41) is 2.68. The molecule has 2 aromatic rings. The number of amides is 1. The number of hydrogen-bond donors (Lipinski definition) is 1. The van der Waals surface area contributed by atoms with E-state index in [1.54, 1.807) is 24.3 Å². The fraction of sp³-hybridized carbons (Fsp3) is 0.263. The van der Waals surface area contributed by atoms with Crippen LogP contribution in [-0.2, 0) is 16.1 Å². The molecule has 1 aliphatic rings. The zero-order valence-corrected chi connectivity index (χ0v) is 14.9. The Morgan fingerprint density at radius 2 is 1.85 bits per heavy atom. The molecule has 0 bridgehead atoms. The fourth-order valence-corrected chi connectivity index (χ4v) is 2.48. The summed E-state index contributed by atoms with van der Waals surface area (Å²) in [6, 6.07) is 10.1. The summed E-state index contributed by atoms with van der Waals surface area (Å²) < 4.78 is 25.8.